The third-order valence-corrected chi connectivity index (χ3v) is 3.69. The predicted molar refractivity (Wildman–Crippen MR) is 108 cm³/mol. The number of rotatable bonds is 12. The zero-order valence-electron chi connectivity index (χ0n) is 14.5. The van der Waals surface area contributed by atoms with Crippen LogP contribution in [0.25, 0.3) is 0 Å². The first-order valence-corrected chi connectivity index (χ1v) is 8.83. The summed E-state index contributed by atoms with van der Waals surface area (Å²) < 4.78 is 13.6. The lowest BCUT2D eigenvalue weighted by Gasteiger charge is -2.15. The second kappa shape index (κ2) is 12.3. The highest BCUT2D eigenvalue weighted by molar-refractivity contribution is 7.80. The molecule has 0 aromatic carbocycles. The molecule has 0 fully saturated rings. The van der Waals surface area contributed by atoms with Gasteiger partial charge in [-0.05, 0) is 43.1 Å². The Bertz CT molecular complexity index is 638. The van der Waals surface area contributed by atoms with Crippen LogP contribution >= 0.6 is 12.6 Å². The number of allylic oxidation sites excluding steroid dienone is 4. The summed E-state index contributed by atoms with van der Waals surface area (Å²) in [5.41, 5.74) is 1.83. The quantitative estimate of drug-likeness (QED) is 0.318. The Kier molecular flexibility index (Phi) is 10.2. The molecule has 1 rings (SSSR count). The number of hydrogen-bond acceptors (Lipinski definition) is 4. The number of nitrogens with one attached hydrogen (secondary N) is 1. The lowest BCUT2D eigenvalue weighted by Crippen LogP contribution is -2.16. The van der Waals surface area contributed by atoms with E-state index in [0.717, 1.165) is 36.4 Å². The van der Waals surface area contributed by atoms with E-state index in [9.17, 15) is 4.39 Å². The van der Waals surface area contributed by atoms with Crippen LogP contribution in [0.4, 0.5) is 4.39 Å². The van der Waals surface area contributed by atoms with Crippen molar-refractivity contribution >= 4 is 18.8 Å². The summed E-state index contributed by atoms with van der Waals surface area (Å²) in [6.07, 6.45) is 11.6. The van der Waals surface area contributed by atoms with Crippen molar-refractivity contribution < 1.29 is 4.39 Å². The summed E-state index contributed by atoms with van der Waals surface area (Å²) >= 11 is 4.21. The van der Waals surface area contributed by atoms with E-state index < -0.39 is 5.82 Å². The number of nitrogens with zero attached hydrogens (tertiary/aromatic N) is 2. The summed E-state index contributed by atoms with van der Waals surface area (Å²) in [6.45, 7) is 11.8. The fourth-order valence-corrected chi connectivity index (χ4v) is 2.37. The highest BCUT2D eigenvalue weighted by atomic mass is 32.1. The Balaban J connectivity index is 2.61. The van der Waals surface area contributed by atoms with Gasteiger partial charge < -0.3 is 5.32 Å². The van der Waals surface area contributed by atoms with Crippen LogP contribution in [0.15, 0.2) is 67.0 Å². The van der Waals surface area contributed by atoms with Gasteiger partial charge in [0.2, 0.25) is 0 Å². The summed E-state index contributed by atoms with van der Waals surface area (Å²) in [6, 6.07) is 3.03. The molecule has 1 aromatic heterocycles. The molecule has 0 amide bonds. The fourth-order valence-electron chi connectivity index (χ4n) is 2.22. The first-order chi connectivity index (χ1) is 12.1. The molecule has 134 valence electrons. The molecule has 0 saturated carbocycles. The van der Waals surface area contributed by atoms with Crippen molar-refractivity contribution in [3.63, 3.8) is 0 Å². The number of aliphatic imine (C=N–C) groups is 1. The first-order valence-electron chi connectivity index (χ1n) is 8.20. The molecular weight excluding hydrogens is 333 g/mol. The Labute approximate surface area is 155 Å². The Hall–Kier alpha value is -2.14. The van der Waals surface area contributed by atoms with Gasteiger partial charge in [-0.2, -0.15) is 12.6 Å². The van der Waals surface area contributed by atoms with Crippen molar-refractivity contribution in [2.75, 3.05) is 5.75 Å². The van der Waals surface area contributed by atoms with Crippen LogP contribution in [0, 0.1) is 11.7 Å². The lowest BCUT2D eigenvalue weighted by atomic mass is 9.99. The third-order valence-electron chi connectivity index (χ3n) is 3.43. The molecule has 5 heteroatoms. The van der Waals surface area contributed by atoms with Crippen LogP contribution in [0.2, 0.25) is 0 Å². The van der Waals surface area contributed by atoms with E-state index in [1.54, 1.807) is 6.07 Å². The summed E-state index contributed by atoms with van der Waals surface area (Å²) in [5.74, 6) is 0.784. The van der Waals surface area contributed by atoms with Gasteiger partial charge in [0, 0.05) is 11.9 Å². The van der Waals surface area contributed by atoms with E-state index in [2.05, 4.69) is 59.8 Å². The minimum atomic E-state index is -0.409. The molecule has 1 atom stereocenters. The van der Waals surface area contributed by atoms with Crippen molar-refractivity contribution in [1.29, 1.82) is 0 Å². The predicted octanol–water partition coefficient (Wildman–Crippen LogP) is 4.84. The molecule has 1 unspecified atom stereocenters. The highest BCUT2D eigenvalue weighted by Gasteiger charge is 2.07. The molecule has 0 spiro atoms. The Morgan fingerprint density at radius 2 is 2.20 bits per heavy atom. The zero-order chi connectivity index (χ0) is 18.5. The van der Waals surface area contributed by atoms with Crippen LogP contribution in [-0.2, 0) is 6.54 Å². The number of thiol groups is 1. The molecule has 0 saturated heterocycles. The maximum absolute atomic E-state index is 13.6. The molecule has 3 nitrogen and oxygen atoms in total. The van der Waals surface area contributed by atoms with Gasteiger partial charge in [0.15, 0.2) is 0 Å². The van der Waals surface area contributed by atoms with Crippen molar-refractivity contribution in [3.05, 3.63) is 79.2 Å². The summed E-state index contributed by atoms with van der Waals surface area (Å²) in [5, 5.41) is 3.25. The summed E-state index contributed by atoms with van der Waals surface area (Å²) in [4.78, 5) is 8.05. The molecule has 1 heterocycles. The second-order valence-electron chi connectivity index (χ2n) is 5.52. The summed E-state index contributed by atoms with van der Waals surface area (Å²) in [7, 11) is 0. The lowest BCUT2D eigenvalue weighted by molar-refractivity contribution is 0.602. The zero-order valence-corrected chi connectivity index (χ0v) is 15.4. The third kappa shape index (κ3) is 8.49. The largest absolute Gasteiger partial charge is 0.383 e. The number of hydrogen-bond donors (Lipinski definition) is 2. The topological polar surface area (TPSA) is 37.3 Å². The van der Waals surface area contributed by atoms with E-state index in [1.165, 1.54) is 18.5 Å². The number of aromatic nitrogens is 1. The van der Waals surface area contributed by atoms with Crippen LogP contribution in [-0.4, -0.2) is 17.0 Å². The Morgan fingerprint density at radius 1 is 1.40 bits per heavy atom. The normalized spacial score (nSPS) is 12.4. The maximum Gasteiger partial charge on any atom is 0.150 e. The molecule has 25 heavy (non-hydrogen) atoms. The van der Waals surface area contributed by atoms with Gasteiger partial charge >= 0.3 is 0 Å². The van der Waals surface area contributed by atoms with Crippen molar-refractivity contribution in [2.45, 2.75) is 25.8 Å². The van der Waals surface area contributed by atoms with E-state index in [0.29, 0.717) is 12.5 Å². The van der Waals surface area contributed by atoms with E-state index >= 15 is 0 Å². The minimum absolute atomic E-state index is 0.198. The Morgan fingerprint density at radius 3 is 2.88 bits per heavy atom. The number of pyridine rings is 1. The number of halogens is 1. The molecular formula is C20H26FN3S. The van der Waals surface area contributed by atoms with Crippen molar-refractivity contribution in [1.82, 2.24) is 10.3 Å². The molecule has 0 radical (unpaired) electrons. The molecule has 0 aliphatic carbocycles. The van der Waals surface area contributed by atoms with Crippen LogP contribution in [0.1, 0.15) is 30.7 Å². The van der Waals surface area contributed by atoms with Crippen LogP contribution in [0.5, 0.6) is 0 Å². The first kappa shape index (κ1) is 20.9. The SMILES string of the molecule is C=CCC(/C=C/CCS)CC(=C)NCc1ccc(F)c(C=NC=C)n1. The second-order valence-corrected chi connectivity index (χ2v) is 5.96. The van der Waals surface area contributed by atoms with E-state index in [4.69, 9.17) is 0 Å². The highest BCUT2D eigenvalue weighted by Crippen LogP contribution is 2.16. The van der Waals surface area contributed by atoms with E-state index in [-0.39, 0.29) is 5.69 Å². The minimum Gasteiger partial charge on any atom is -0.383 e. The van der Waals surface area contributed by atoms with Gasteiger partial charge in [-0.25, -0.2) is 9.37 Å². The molecule has 1 N–H and O–H groups in total. The molecule has 1 aromatic rings. The van der Waals surface area contributed by atoms with Gasteiger partial charge in [0.1, 0.15) is 11.5 Å². The molecule has 0 aliphatic rings. The van der Waals surface area contributed by atoms with Crippen molar-refractivity contribution in [2.24, 2.45) is 10.9 Å². The van der Waals surface area contributed by atoms with Gasteiger partial charge in [-0.1, -0.05) is 31.4 Å². The van der Waals surface area contributed by atoms with Crippen LogP contribution < -0.4 is 5.32 Å². The average molecular weight is 360 g/mol. The smallest absolute Gasteiger partial charge is 0.150 e. The van der Waals surface area contributed by atoms with Gasteiger partial charge in [0.25, 0.3) is 0 Å². The van der Waals surface area contributed by atoms with Gasteiger partial charge in [-0.15, -0.1) is 6.58 Å². The van der Waals surface area contributed by atoms with Crippen LogP contribution in [0.3, 0.4) is 0 Å². The average Bonchev–Trinajstić information content (AvgIpc) is 2.60. The van der Waals surface area contributed by atoms with Crippen molar-refractivity contribution in [3.8, 4) is 0 Å². The maximum atomic E-state index is 13.6. The fraction of sp³-hybridized carbons (Fsp3) is 0.300. The molecule has 0 aliphatic heterocycles. The standard InChI is InChI=1S/C20H26FN3S/c1-4-8-17(9-6-7-12-25)13-16(3)23-14-18-10-11-19(21)20(24-18)15-22-5-2/h4-6,9-11,15,17,23,25H,1-3,7-8,12-14H2/b9-6+,22-15?. The van der Waals surface area contributed by atoms with Gasteiger partial charge in [0.05, 0.1) is 18.5 Å². The van der Waals surface area contributed by atoms with Gasteiger partial charge in [-0.3, -0.25) is 4.99 Å². The van der Waals surface area contributed by atoms with E-state index in [1.807, 2.05) is 6.08 Å². The molecule has 0 bridgehead atoms. The monoisotopic (exact) mass is 359 g/mol.